The molecule has 0 aliphatic carbocycles. The monoisotopic (exact) mass is 378 g/mol. The van der Waals surface area contributed by atoms with E-state index in [4.69, 9.17) is 9.47 Å². The fourth-order valence-electron chi connectivity index (χ4n) is 3.21. The number of nitrogens with zero attached hydrogens (tertiary/aromatic N) is 1. The molecule has 1 N–H and O–H groups in total. The minimum atomic E-state index is -0.101. The number of hydrogen-bond donors (Lipinski definition) is 1. The Balaban J connectivity index is 2.04. The highest BCUT2D eigenvalue weighted by Crippen LogP contribution is 2.30. The molecule has 0 aliphatic heterocycles. The Bertz CT molecular complexity index is 915. The van der Waals surface area contributed by atoms with Gasteiger partial charge in [0.1, 0.15) is 5.75 Å². The number of carbonyl (C=O) groups excluding carboxylic acids is 1. The Kier molecular flexibility index (Phi) is 6.50. The fourth-order valence-corrected chi connectivity index (χ4v) is 3.21. The minimum absolute atomic E-state index is 0.101. The van der Waals surface area contributed by atoms with Crippen LogP contribution in [0.2, 0.25) is 0 Å². The van der Waals surface area contributed by atoms with Crippen molar-refractivity contribution in [3.05, 3.63) is 71.9 Å². The molecule has 0 aliphatic rings. The van der Waals surface area contributed by atoms with Crippen molar-refractivity contribution < 1.29 is 14.3 Å². The highest BCUT2D eigenvalue weighted by atomic mass is 16.5. The molecule has 0 atom stereocenters. The van der Waals surface area contributed by atoms with Gasteiger partial charge in [-0.1, -0.05) is 30.3 Å². The first kappa shape index (κ1) is 19.7. The van der Waals surface area contributed by atoms with E-state index in [9.17, 15) is 4.79 Å². The molecule has 0 radical (unpaired) electrons. The second-order valence-corrected chi connectivity index (χ2v) is 6.41. The van der Waals surface area contributed by atoms with Crippen molar-refractivity contribution in [2.45, 2.75) is 13.8 Å². The molecule has 0 spiro atoms. The predicted octanol–water partition coefficient (Wildman–Crippen LogP) is 4.23. The van der Waals surface area contributed by atoms with Crippen molar-refractivity contribution in [2.24, 2.45) is 0 Å². The van der Waals surface area contributed by atoms with Crippen LogP contribution in [0.25, 0.3) is 16.9 Å². The molecular weight excluding hydrogens is 352 g/mol. The van der Waals surface area contributed by atoms with Gasteiger partial charge in [0.2, 0.25) is 0 Å². The lowest BCUT2D eigenvalue weighted by Gasteiger charge is -2.13. The van der Waals surface area contributed by atoms with Crippen molar-refractivity contribution in [3.8, 4) is 22.7 Å². The van der Waals surface area contributed by atoms with E-state index < -0.39 is 0 Å². The molecule has 3 aromatic rings. The number of methoxy groups -OCH3 is 1. The number of aromatic nitrogens is 1. The maximum atomic E-state index is 12.7. The number of carbonyl (C=O) groups is 1. The zero-order chi connectivity index (χ0) is 19.9. The maximum Gasteiger partial charge on any atom is 0.253 e. The smallest absolute Gasteiger partial charge is 0.253 e. The van der Waals surface area contributed by atoms with Gasteiger partial charge in [-0.15, -0.1) is 0 Å². The topological polar surface area (TPSA) is 52.5 Å². The molecule has 146 valence electrons. The van der Waals surface area contributed by atoms with Gasteiger partial charge in [0, 0.05) is 25.0 Å². The molecule has 1 aromatic heterocycles. The Morgan fingerprint density at radius 2 is 1.79 bits per heavy atom. The summed E-state index contributed by atoms with van der Waals surface area (Å²) in [5, 5.41) is 2.91. The van der Waals surface area contributed by atoms with Gasteiger partial charge < -0.3 is 19.4 Å². The lowest BCUT2D eigenvalue weighted by Crippen LogP contribution is -2.27. The van der Waals surface area contributed by atoms with Crippen LogP contribution in [-0.4, -0.2) is 37.3 Å². The summed E-state index contributed by atoms with van der Waals surface area (Å²) in [6, 6.07) is 19.9. The number of nitrogens with one attached hydrogen (secondary N) is 1. The van der Waals surface area contributed by atoms with Gasteiger partial charge in [0.05, 0.1) is 24.5 Å². The van der Waals surface area contributed by atoms with Crippen LogP contribution < -0.4 is 10.1 Å². The normalized spacial score (nSPS) is 10.7. The number of benzene rings is 2. The molecule has 1 heterocycles. The van der Waals surface area contributed by atoms with Gasteiger partial charge in [-0.3, -0.25) is 4.79 Å². The highest BCUT2D eigenvalue weighted by molar-refractivity contribution is 5.97. The van der Waals surface area contributed by atoms with Gasteiger partial charge in [-0.25, -0.2) is 0 Å². The Hall–Kier alpha value is -3.05. The first-order valence-corrected chi connectivity index (χ1v) is 9.43. The SMILES string of the molecule is CCOc1ccc(-n2c(-c3ccccc3)cc(C(=O)NCCOC)c2C)cc1. The van der Waals surface area contributed by atoms with E-state index in [-0.39, 0.29) is 5.91 Å². The molecule has 0 saturated carbocycles. The summed E-state index contributed by atoms with van der Waals surface area (Å²) >= 11 is 0. The van der Waals surface area contributed by atoms with Crippen LogP contribution in [0, 0.1) is 6.92 Å². The van der Waals surface area contributed by atoms with Crippen molar-refractivity contribution in [1.82, 2.24) is 9.88 Å². The summed E-state index contributed by atoms with van der Waals surface area (Å²) in [5.41, 5.74) is 4.55. The van der Waals surface area contributed by atoms with E-state index in [2.05, 4.69) is 9.88 Å². The molecular formula is C23H26N2O3. The fraction of sp³-hybridized carbons (Fsp3) is 0.261. The third-order valence-corrected chi connectivity index (χ3v) is 4.56. The number of rotatable bonds is 8. The third-order valence-electron chi connectivity index (χ3n) is 4.56. The van der Waals surface area contributed by atoms with Crippen LogP contribution in [0.1, 0.15) is 23.0 Å². The molecule has 0 saturated heterocycles. The Labute approximate surface area is 165 Å². The first-order valence-electron chi connectivity index (χ1n) is 9.43. The average molecular weight is 378 g/mol. The number of hydrogen-bond acceptors (Lipinski definition) is 3. The van der Waals surface area contributed by atoms with Crippen LogP contribution >= 0.6 is 0 Å². The third kappa shape index (κ3) is 4.26. The van der Waals surface area contributed by atoms with Crippen molar-refractivity contribution in [2.75, 3.05) is 26.9 Å². The molecule has 0 unspecified atom stereocenters. The van der Waals surface area contributed by atoms with Gasteiger partial charge >= 0.3 is 0 Å². The molecule has 0 fully saturated rings. The summed E-state index contributed by atoms with van der Waals surface area (Å²) in [5.74, 6) is 0.728. The van der Waals surface area contributed by atoms with E-state index in [1.54, 1.807) is 7.11 Å². The number of ether oxygens (including phenoxy) is 2. The molecule has 5 heteroatoms. The summed E-state index contributed by atoms with van der Waals surface area (Å²) in [4.78, 5) is 12.7. The van der Waals surface area contributed by atoms with Gasteiger partial charge in [-0.2, -0.15) is 0 Å². The summed E-state index contributed by atoms with van der Waals surface area (Å²) in [6.45, 7) is 5.52. The Morgan fingerprint density at radius 3 is 2.43 bits per heavy atom. The summed E-state index contributed by atoms with van der Waals surface area (Å²) in [7, 11) is 1.62. The molecule has 0 bridgehead atoms. The van der Waals surface area contributed by atoms with E-state index in [0.29, 0.717) is 25.3 Å². The van der Waals surface area contributed by atoms with Crippen LogP contribution in [0.15, 0.2) is 60.7 Å². The number of amides is 1. The quantitative estimate of drug-likeness (QED) is 0.597. The van der Waals surface area contributed by atoms with Gasteiger partial charge in [0.15, 0.2) is 0 Å². The maximum absolute atomic E-state index is 12.7. The Morgan fingerprint density at radius 1 is 1.07 bits per heavy atom. The largest absolute Gasteiger partial charge is 0.494 e. The predicted molar refractivity (Wildman–Crippen MR) is 111 cm³/mol. The van der Waals surface area contributed by atoms with E-state index in [0.717, 1.165) is 28.4 Å². The van der Waals surface area contributed by atoms with Crippen LogP contribution in [0.5, 0.6) is 5.75 Å². The zero-order valence-electron chi connectivity index (χ0n) is 16.6. The minimum Gasteiger partial charge on any atom is -0.494 e. The second-order valence-electron chi connectivity index (χ2n) is 6.41. The zero-order valence-corrected chi connectivity index (χ0v) is 16.6. The molecule has 3 rings (SSSR count). The summed E-state index contributed by atoms with van der Waals surface area (Å²) in [6.07, 6.45) is 0. The molecule has 5 nitrogen and oxygen atoms in total. The average Bonchev–Trinajstić information content (AvgIpc) is 3.07. The van der Waals surface area contributed by atoms with Crippen LogP contribution in [0.4, 0.5) is 0 Å². The first-order chi connectivity index (χ1) is 13.7. The van der Waals surface area contributed by atoms with Crippen LogP contribution in [0.3, 0.4) is 0 Å². The van der Waals surface area contributed by atoms with Crippen LogP contribution in [-0.2, 0) is 4.74 Å². The lowest BCUT2D eigenvalue weighted by atomic mass is 10.1. The van der Waals surface area contributed by atoms with E-state index in [1.165, 1.54) is 0 Å². The van der Waals surface area contributed by atoms with Crippen molar-refractivity contribution in [3.63, 3.8) is 0 Å². The van der Waals surface area contributed by atoms with Gasteiger partial charge in [0.25, 0.3) is 5.91 Å². The van der Waals surface area contributed by atoms with E-state index >= 15 is 0 Å². The summed E-state index contributed by atoms with van der Waals surface area (Å²) < 4.78 is 12.7. The molecule has 2 aromatic carbocycles. The highest BCUT2D eigenvalue weighted by Gasteiger charge is 2.19. The molecule has 28 heavy (non-hydrogen) atoms. The standard InChI is InChI=1S/C23H26N2O3/c1-4-28-20-12-10-19(11-13-20)25-17(2)21(23(26)24-14-15-27-3)16-22(25)18-8-6-5-7-9-18/h5-13,16H,4,14-15H2,1-3H3,(H,24,26). The van der Waals surface area contributed by atoms with Gasteiger partial charge in [-0.05, 0) is 49.7 Å². The second kappa shape index (κ2) is 9.24. The van der Waals surface area contributed by atoms with E-state index in [1.807, 2.05) is 74.5 Å². The molecule has 1 amide bonds. The lowest BCUT2D eigenvalue weighted by molar-refractivity contribution is 0.0936. The van der Waals surface area contributed by atoms with Crippen molar-refractivity contribution >= 4 is 5.91 Å². The van der Waals surface area contributed by atoms with Crippen molar-refractivity contribution in [1.29, 1.82) is 0 Å².